The minimum atomic E-state index is -0.299. The number of amides is 2. The van der Waals surface area contributed by atoms with Crippen molar-refractivity contribution in [2.75, 3.05) is 39.3 Å². The largest absolute Gasteiger partial charge is 0.497 e. The molecule has 0 spiro atoms. The summed E-state index contributed by atoms with van der Waals surface area (Å²) >= 11 is 0. The number of ether oxygens (including phenoxy) is 3. The van der Waals surface area contributed by atoms with Gasteiger partial charge in [-0.05, 0) is 25.0 Å². The van der Waals surface area contributed by atoms with Gasteiger partial charge in [0, 0.05) is 32.4 Å². The molecule has 0 radical (unpaired) electrons. The number of carbonyl (C=O) groups is 1. The second-order valence-corrected chi connectivity index (χ2v) is 6.31. The lowest BCUT2D eigenvalue weighted by Gasteiger charge is -2.14. The van der Waals surface area contributed by atoms with Crippen LogP contribution in [0.1, 0.15) is 12.8 Å². The molecule has 0 bridgehead atoms. The third kappa shape index (κ3) is 4.99. The highest BCUT2D eigenvalue weighted by molar-refractivity contribution is 5.88. The number of anilines is 1. The number of carbonyl (C=O) groups excluding carboxylic acids is 1. The number of hydrogen-bond donors (Lipinski definition) is 2. The minimum absolute atomic E-state index is 0.0938. The molecule has 1 aliphatic heterocycles. The number of urea groups is 1. The fourth-order valence-corrected chi connectivity index (χ4v) is 3.05. The highest BCUT2D eigenvalue weighted by Crippen LogP contribution is 2.26. The van der Waals surface area contributed by atoms with Crippen LogP contribution in [0.25, 0.3) is 11.3 Å². The first-order valence-corrected chi connectivity index (χ1v) is 9.06. The fraction of sp³-hybridized carbons (Fsp3) is 0.474. The number of nitrogens with zero attached hydrogens (tertiary/aromatic N) is 2. The Morgan fingerprint density at radius 1 is 1.41 bits per heavy atom. The van der Waals surface area contributed by atoms with Crippen molar-refractivity contribution in [2.45, 2.75) is 25.5 Å². The first-order chi connectivity index (χ1) is 13.2. The maximum Gasteiger partial charge on any atom is 0.321 e. The molecular weight excluding hydrogens is 348 g/mol. The van der Waals surface area contributed by atoms with Gasteiger partial charge in [0.1, 0.15) is 5.75 Å². The quantitative estimate of drug-likeness (QED) is 0.741. The summed E-state index contributed by atoms with van der Waals surface area (Å²) in [4.78, 5) is 16.6. The molecule has 8 heteroatoms. The Balaban J connectivity index is 1.73. The molecule has 2 amide bonds. The summed E-state index contributed by atoms with van der Waals surface area (Å²) in [6.07, 6.45) is 3.85. The molecule has 0 aliphatic carbocycles. The number of imidazole rings is 1. The maximum absolute atomic E-state index is 12.3. The average molecular weight is 374 g/mol. The van der Waals surface area contributed by atoms with Crippen LogP contribution in [0.5, 0.6) is 5.75 Å². The number of rotatable bonds is 8. The molecule has 146 valence electrons. The molecule has 0 saturated carbocycles. The van der Waals surface area contributed by atoms with Crippen LogP contribution in [0, 0.1) is 0 Å². The first kappa shape index (κ1) is 19.2. The lowest BCUT2D eigenvalue weighted by atomic mass is 10.1. The van der Waals surface area contributed by atoms with Crippen molar-refractivity contribution in [1.82, 2.24) is 14.9 Å². The first-order valence-electron chi connectivity index (χ1n) is 9.06. The molecule has 2 N–H and O–H groups in total. The SMILES string of the molecule is COCCn1c(-c2cccc(OC)c2)cnc1NC(=O)NC[C@@H]1CCCO1. The van der Waals surface area contributed by atoms with Crippen molar-refractivity contribution in [3.8, 4) is 17.0 Å². The van der Waals surface area contributed by atoms with Crippen LogP contribution in [-0.4, -0.2) is 55.7 Å². The van der Waals surface area contributed by atoms with Crippen molar-refractivity contribution < 1.29 is 19.0 Å². The van der Waals surface area contributed by atoms with Crippen LogP contribution < -0.4 is 15.4 Å². The molecule has 1 aromatic heterocycles. The van der Waals surface area contributed by atoms with Gasteiger partial charge in [-0.2, -0.15) is 0 Å². The van der Waals surface area contributed by atoms with Crippen LogP contribution in [0.15, 0.2) is 30.5 Å². The number of methoxy groups -OCH3 is 2. The predicted octanol–water partition coefficient (Wildman–Crippen LogP) is 2.51. The third-order valence-electron chi connectivity index (χ3n) is 4.48. The van der Waals surface area contributed by atoms with Crippen molar-refractivity contribution in [3.63, 3.8) is 0 Å². The summed E-state index contributed by atoms with van der Waals surface area (Å²) in [6.45, 7) is 2.32. The number of aromatic nitrogens is 2. The van der Waals surface area contributed by atoms with E-state index >= 15 is 0 Å². The van der Waals surface area contributed by atoms with Crippen LogP contribution in [0.2, 0.25) is 0 Å². The summed E-state index contributed by atoms with van der Waals surface area (Å²) < 4.78 is 18.0. The second kappa shape index (κ2) is 9.38. The zero-order chi connectivity index (χ0) is 19.1. The van der Waals surface area contributed by atoms with Gasteiger partial charge in [0.15, 0.2) is 0 Å². The van der Waals surface area contributed by atoms with E-state index in [2.05, 4.69) is 15.6 Å². The van der Waals surface area contributed by atoms with Crippen molar-refractivity contribution in [3.05, 3.63) is 30.5 Å². The molecule has 27 heavy (non-hydrogen) atoms. The Morgan fingerprint density at radius 3 is 3.04 bits per heavy atom. The van der Waals surface area contributed by atoms with Gasteiger partial charge in [0.05, 0.1) is 31.7 Å². The van der Waals surface area contributed by atoms with Crippen LogP contribution in [-0.2, 0) is 16.0 Å². The molecule has 1 aliphatic rings. The molecule has 2 aromatic rings. The van der Waals surface area contributed by atoms with E-state index in [0.717, 1.165) is 36.5 Å². The molecule has 1 fully saturated rings. The van der Waals surface area contributed by atoms with Gasteiger partial charge >= 0.3 is 6.03 Å². The number of benzene rings is 1. The smallest absolute Gasteiger partial charge is 0.321 e. The van der Waals surface area contributed by atoms with Gasteiger partial charge in [0.25, 0.3) is 0 Å². The highest BCUT2D eigenvalue weighted by atomic mass is 16.5. The molecule has 2 heterocycles. The zero-order valence-corrected chi connectivity index (χ0v) is 15.7. The number of hydrogen-bond acceptors (Lipinski definition) is 5. The molecule has 3 rings (SSSR count). The monoisotopic (exact) mass is 374 g/mol. The summed E-state index contributed by atoms with van der Waals surface area (Å²) in [5, 5.41) is 5.67. The van der Waals surface area contributed by atoms with E-state index in [1.807, 2.05) is 28.8 Å². The van der Waals surface area contributed by atoms with Gasteiger partial charge < -0.3 is 24.1 Å². The third-order valence-corrected chi connectivity index (χ3v) is 4.48. The maximum atomic E-state index is 12.3. The topological polar surface area (TPSA) is 86.6 Å². The molecule has 1 aromatic carbocycles. The van der Waals surface area contributed by atoms with E-state index in [1.165, 1.54) is 0 Å². The molecular formula is C19H26N4O4. The van der Waals surface area contributed by atoms with Gasteiger partial charge in [-0.1, -0.05) is 12.1 Å². The normalized spacial score (nSPS) is 16.3. The van der Waals surface area contributed by atoms with Crippen LogP contribution >= 0.6 is 0 Å². The summed E-state index contributed by atoms with van der Waals surface area (Å²) in [7, 11) is 3.27. The van der Waals surface area contributed by atoms with Crippen molar-refractivity contribution in [1.29, 1.82) is 0 Å². The summed E-state index contributed by atoms with van der Waals surface area (Å²) in [6, 6.07) is 7.42. The second-order valence-electron chi connectivity index (χ2n) is 6.31. The standard InChI is InChI=1S/C19H26N4O4/c1-25-10-8-23-17(14-5-3-6-15(11-14)26-2)13-20-18(23)22-19(24)21-12-16-7-4-9-27-16/h3,5-6,11,13,16H,4,7-10,12H2,1-2H3,(H2,20,21,22,24)/t16-/m0/s1. The molecule has 8 nitrogen and oxygen atoms in total. The Bertz CT molecular complexity index is 756. The van der Waals surface area contributed by atoms with Crippen molar-refractivity contribution >= 4 is 12.0 Å². The van der Waals surface area contributed by atoms with Gasteiger partial charge in [-0.15, -0.1) is 0 Å². The van der Waals surface area contributed by atoms with E-state index in [-0.39, 0.29) is 12.1 Å². The average Bonchev–Trinajstić information content (AvgIpc) is 3.35. The van der Waals surface area contributed by atoms with Crippen LogP contribution in [0.3, 0.4) is 0 Å². The molecule has 1 saturated heterocycles. The summed E-state index contributed by atoms with van der Waals surface area (Å²) in [5.74, 6) is 1.23. The molecule has 0 unspecified atom stereocenters. The van der Waals surface area contributed by atoms with E-state index in [1.54, 1.807) is 20.4 Å². The van der Waals surface area contributed by atoms with Crippen LogP contribution in [0.4, 0.5) is 10.7 Å². The number of nitrogens with one attached hydrogen (secondary N) is 2. The molecule has 1 atom stereocenters. The fourth-order valence-electron chi connectivity index (χ4n) is 3.05. The van der Waals surface area contributed by atoms with E-state index in [9.17, 15) is 4.79 Å². The Kier molecular flexibility index (Phi) is 6.67. The van der Waals surface area contributed by atoms with Crippen molar-refractivity contribution in [2.24, 2.45) is 0 Å². The lowest BCUT2D eigenvalue weighted by molar-refractivity contribution is 0.112. The van der Waals surface area contributed by atoms with E-state index < -0.39 is 0 Å². The predicted molar refractivity (Wildman–Crippen MR) is 102 cm³/mol. The Hall–Kier alpha value is -2.58. The lowest BCUT2D eigenvalue weighted by Crippen LogP contribution is -2.35. The van der Waals surface area contributed by atoms with E-state index in [4.69, 9.17) is 14.2 Å². The zero-order valence-electron chi connectivity index (χ0n) is 15.7. The summed E-state index contributed by atoms with van der Waals surface area (Å²) in [5.41, 5.74) is 1.83. The van der Waals surface area contributed by atoms with E-state index in [0.29, 0.717) is 25.6 Å². The van der Waals surface area contributed by atoms with Gasteiger partial charge in [-0.25, -0.2) is 9.78 Å². The highest BCUT2D eigenvalue weighted by Gasteiger charge is 2.18. The van der Waals surface area contributed by atoms with Gasteiger partial charge in [-0.3, -0.25) is 5.32 Å². The van der Waals surface area contributed by atoms with Gasteiger partial charge in [0.2, 0.25) is 5.95 Å². The Labute approximate surface area is 158 Å². The minimum Gasteiger partial charge on any atom is -0.497 e. The Morgan fingerprint density at radius 2 is 2.30 bits per heavy atom.